The van der Waals surface area contributed by atoms with Crippen LogP contribution in [-0.4, -0.2) is 21.0 Å². The SMILES string of the molecule is O=C(O)c1cccc2[nH]c(-c3ccc(C(F)(F)F)cc3)nc12. The van der Waals surface area contributed by atoms with E-state index in [0.717, 1.165) is 12.1 Å². The van der Waals surface area contributed by atoms with Gasteiger partial charge in [-0.2, -0.15) is 13.2 Å². The van der Waals surface area contributed by atoms with Gasteiger partial charge in [0.05, 0.1) is 16.6 Å². The van der Waals surface area contributed by atoms with Crippen LogP contribution in [-0.2, 0) is 6.18 Å². The van der Waals surface area contributed by atoms with E-state index in [2.05, 4.69) is 9.97 Å². The van der Waals surface area contributed by atoms with E-state index < -0.39 is 17.7 Å². The number of H-pyrrole nitrogens is 1. The minimum absolute atomic E-state index is 0.0342. The van der Waals surface area contributed by atoms with Crippen molar-refractivity contribution in [3.8, 4) is 11.4 Å². The Morgan fingerprint density at radius 1 is 1.09 bits per heavy atom. The van der Waals surface area contributed by atoms with Gasteiger partial charge in [0.1, 0.15) is 11.3 Å². The molecule has 3 rings (SSSR count). The van der Waals surface area contributed by atoms with Gasteiger partial charge in [-0.05, 0) is 24.3 Å². The molecule has 0 amide bonds. The maximum Gasteiger partial charge on any atom is 0.416 e. The number of para-hydroxylation sites is 1. The van der Waals surface area contributed by atoms with Crippen molar-refractivity contribution in [2.45, 2.75) is 6.18 Å². The predicted octanol–water partition coefficient (Wildman–Crippen LogP) is 3.95. The number of hydrogen-bond acceptors (Lipinski definition) is 2. The molecule has 0 aliphatic rings. The molecule has 0 aliphatic carbocycles. The Labute approximate surface area is 122 Å². The molecule has 0 radical (unpaired) electrons. The summed E-state index contributed by atoms with van der Waals surface area (Å²) in [7, 11) is 0. The molecule has 0 aliphatic heterocycles. The lowest BCUT2D eigenvalue weighted by Crippen LogP contribution is -2.04. The van der Waals surface area contributed by atoms with Crippen molar-refractivity contribution >= 4 is 17.0 Å². The Hall–Kier alpha value is -2.83. The molecule has 0 spiro atoms. The topological polar surface area (TPSA) is 66.0 Å². The molecule has 22 heavy (non-hydrogen) atoms. The number of rotatable bonds is 2. The maximum absolute atomic E-state index is 12.5. The Bertz CT molecular complexity index is 851. The fraction of sp³-hybridized carbons (Fsp3) is 0.0667. The summed E-state index contributed by atoms with van der Waals surface area (Å²) in [4.78, 5) is 18.2. The van der Waals surface area contributed by atoms with E-state index >= 15 is 0 Å². The van der Waals surface area contributed by atoms with E-state index in [1.54, 1.807) is 12.1 Å². The molecule has 2 aromatic carbocycles. The maximum atomic E-state index is 12.5. The quantitative estimate of drug-likeness (QED) is 0.753. The minimum atomic E-state index is -4.40. The molecular weight excluding hydrogens is 297 g/mol. The van der Waals surface area contributed by atoms with Gasteiger partial charge < -0.3 is 10.1 Å². The molecule has 0 unspecified atom stereocenters. The number of carbonyl (C=O) groups is 1. The summed E-state index contributed by atoms with van der Waals surface area (Å²) in [6.45, 7) is 0. The van der Waals surface area contributed by atoms with Gasteiger partial charge in [0, 0.05) is 5.56 Å². The van der Waals surface area contributed by atoms with Gasteiger partial charge in [0.2, 0.25) is 0 Å². The van der Waals surface area contributed by atoms with E-state index in [1.165, 1.54) is 18.2 Å². The third kappa shape index (κ3) is 2.41. The highest BCUT2D eigenvalue weighted by Crippen LogP contribution is 2.31. The molecule has 3 aromatic rings. The molecule has 7 heteroatoms. The Morgan fingerprint density at radius 2 is 1.77 bits per heavy atom. The number of carboxylic acid groups (broad SMARTS) is 1. The third-order valence-electron chi connectivity index (χ3n) is 3.23. The van der Waals surface area contributed by atoms with Gasteiger partial charge in [0.25, 0.3) is 0 Å². The molecule has 112 valence electrons. The van der Waals surface area contributed by atoms with Crippen LogP contribution >= 0.6 is 0 Å². The number of fused-ring (bicyclic) bond motifs is 1. The molecule has 1 aromatic heterocycles. The number of hydrogen-bond donors (Lipinski definition) is 2. The number of aromatic carboxylic acids is 1. The highest BCUT2D eigenvalue weighted by atomic mass is 19.4. The fourth-order valence-electron chi connectivity index (χ4n) is 2.16. The Balaban J connectivity index is 2.07. The highest BCUT2D eigenvalue weighted by molar-refractivity contribution is 6.01. The molecule has 0 saturated heterocycles. The van der Waals surface area contributed by atoms with E-state index in [9.17, 15) is 18.0 Å². The van der Waals surface area contributed by atoms with Crippen LogP contribution in [0.4, 0.5) is 13.2 Å². The Kier molecular flexibility index (Phi) is 3.13. The van der Waals surface area contributed by atoms with Crippen LogP contribution < -0.4 is 0 Å². The monoisotopic (exact) mass is 306 g/mol. The minimum Gasteiger partial charge on any atom is -0.478 e. The summed E-state index contributed by atoms with van der Waals surface area (Å²) in [6, 6.07) is 9.15. The molecule has 4 nitrogen and oxygen atoms in total. The number of imidazole rings is 1. The van der Waals surface area contributed by atoms with Crippen molar-refractivity contribution in [2.75, 3.05) is 0 Å². The largest absolute Gasteiger partial charge is 0.478 e. The first kappa shape index (κ1) is 14.1. The number of aromatic amines is 1. The fourth-order valence-corrected chi connectivity index (χ4v) is 2.16. The van der Waals surface area contributed by atoms with E-state index in [0.29, 0.717) is 16.9 Å². The number of aromatic nitrogens is 2. The summed E-state index contributed by atoms with van der Waals surface area (Å²) in [6.07, 6.45) is -4.40. The molecule has 0 saturated carbocycles. The number of alkyl halides is 3. The lowest BCUT2D eigenvalue weighted by molar-refractivity contribution is -0.137. The van der Waals surface area contributed by atoms with Crippen molar-refractivity contribution in [3.63, 3.8) is 0 Å². The van der Waals surface area contributed by atoms with Crippen LogP contribution in [0.1, 0.15) is 15.9 Å². The third-order valence-corrected chi connectivity index (χ3v) is 3.23. The van der Waals surface area contributed by atoms with Crippen molar-refractivity contribution in [2.24, 2.45) is 0 Å². The lowest BCUT2D eigenvalue weighted by Gasteiger charge is -2.06. The van der Waals surface area contributed by atoms with Gasteiger partial charge in [-0.25, -0.2) is 9.78 Å². The molecular formula is C15H9F3N2O2. The van der Waals surface area contributed by atoms with Crippen LogP contribution in [0.3, 0.4) is 0 Å². The first-order chi connectivity index (χ1) is 10.4. The van der Waals surface area contributed by atoms with E-state index in [1.807, 2.05) is 0 Å². The second-order valence-electron chi connectivity index (χ2n) is 4.67. The predicted molar refractivity (Wildman–Crippen MR) is 73.5 cm³/mol. The molecule has 0 atom stereocenters. The zero-order chi connectivity index (χ0) is 15.9. The number of nitrogens with one attached hydrogen (secondary N) is 1. The summed E-state index contributed by atoms with van der Waals surface area (Å²) < 4.78 is 37.6. The summed E-state index contributed by atoms with van der Waals surface area (Å²) in [5.41, 5.74) is 0.505. The van der Waals surface area contributed by atoms with Crippen molar-refractivity contribution in [1.29, 1.82) is 0 Å². The van der Waals surface area contributed by atoms with Gasteiger partial charge in [-0.1, -0.05) is 18.2 Å². The molecule has 0 bridgehead atoms. The zero-order valence-corrected chi connectivity index (χ0v) is 11.0. The van der Waals surface area contributed by atoms with Gasteiger partial charge in [-0.3, -0.25) is 0 Å². The second-order valence-corrected chi connectivity index (χ2v) is 4.67. The molecule has 2 N–H and O–H groups in total. The average Bonchev–Trinajstić information content (AvgIpc) is 2.90. The van der Waals surface area contributed by atoms with E-state index in [-0.39, 0.29) is 11.1 Å². The molecule has 1 heterocycles. The van der Waals surface area contributed by atoms with E-state index in [4.69, 9.17) is 5.11 Å². The van der Waals surface area contributed by atoms with Gasteiger partial charge >= 0.3 is 12.1 Å². The second kappa shape index (κ2) is 4.87. The standard InChI is InChI=1S/C15H9F3N2O2/c16-15(17,18)9-6-4-8(5-7-9)13-19-11-3-1-2-10(14(21)22)12(11)20-13/h1-7H,(H,19,20)(H,21,22). The summed E-state index contributed by atoms with van der Waals surface area (Å²) in [5.74, 6) is -0.798. The normalized spacial score (nSPS) is 11.8. The van der Waals surface area contributed by atoms with Crippen LogP contribution in [0.15, 0.2) is 42.5 Å². The summed E-state index contributed by atoms with van der Waals surface area (Å²) in [5, 5.41) is 9.11. The summed E-state index contributed by atoms with van der Waals surface area (Å²) >= 11 is 0. The smallest absolute Gasteiger partial charge is 0.416 e. The number of halogens is 3. The van der Waals surface area contributed by atoms with Crippen LogP contribution in [0, 0.1) is 0 Å². The first-order valence-corrected chi connectivity index (χ1v) is 6.26. The van der Waals surface area contributed by atoms with Crippen molar-refractivity contribution < 1.29 is 23.1 Å². The lowest BCUT2D eigenvalue weighted by atomic mass is 10.1. The molecule has 0 fully saturated rings. The number of benzene rings is 2. The van der Waals surface area contributed by atoms with Crippen LogP contribution in [0.2, 0.25) is 0 Å². The zero-order valence-electron chi connectivity index (χ0n) is 11.0. The Morgan fingerprint density at radius 3 is 2.36 bits per heavy atom. The van der Waals surface area contributed by atoms with Gasteiger partial charge in [0.15, 0.2) is 0 Å². The average molecular weight is 306 g/mol. The van der Waals surface area contributed by atoms with Crippen LogP contribution in [0.5, 0.6) is 0 Å². The number of carboxylic acids is 1. The van der Waals surface area contributed by atoms with Gasteiger partial charge in [-0.15, -0.1) is 0 Å². The first-order valence-electron chi connectivity index (χ1n) is 6.26. The van der Waals surface area contributed by atoms with Crippen LogP contribution in [0.25, 0.3) is 22.4 Å². The number of nitrogens with zero attached hydrogens (tertiary/aromatic N) is 1. The highest BCUT2D eigenvalue weighted by Gasteiger charge is 2.30. The van der Waals surface area contributed by atoms with Crippen molar-refractivity contribution in [3.05, 3.63) is 53.6 Å². The van der Waals surface area contributed by atoms with Crippen molar-refractivity contribution in [1.82, 2.24) is 9.97 Å².